The zero-order valence-electron chi connectivity index (χ0n) is 11.3. The molecule has 1 aliphatic rings. The summed E-state index contributed by atoms with van der Waals surface area (Å²) in [5, 5.41) is 3.16. The average molecular weight is 304 g/mol. The molecule has 0 bridgehead atoms. The van der Waals surface area contributed by atoms with E-state index in [1.165, 1.54) is 4.31 Å². The van der Waals surface area contributed by atoms with Crippen molar-refractivity contribution in [3.63, 3.8) is 0 Å². The first-order valence-corrected chi connectivity index (χ1v) is 8.08. The van der Waals surface area contributed by atoms with Gasteiger partial charge in [-0.25, -0.2) is 17.2 Å². The average Bonchev–Trinajstić information content (AvgIpc) is 2.39. The molecule has 1 aromatic carbocycles. The molecule has 1 fully saturated rings. The van der Waals surface area contributed by atoms with E-state index in [0.29, 0.717) is 18.9 Å². The highest BCUT2D eigenvalue weighted by Crippen LogP contribution is 2.23. The van der Waals surface area contributed by atoms with Gasteiger partial charge in [-0.15, -0.1) is 0 Å². The Morgan fingerprint density at radius 3 is 2.25 bits per heavy atom. The Morgan fingerprint density at radius 1 is 1.20 bits per heavy atom. The first-order chi connectivity index (χ1) is 9.45. The Bertz CT molecular complexity index is 551. The van der Waals surface area contributed by atoms with Gasteiger partial charge in [0, 0.05) is 18.7 Å². The van der Waals surface area contributed by atoms with Gasteiger partial charge in [-0.3, -0.25) is 0 Å². The molecule has 1 saturated heterocycles. The number of rotatable bonds is 4. The molecular weight excluding hydrogens is 286 g/mol. The van der Waals surface area contributed by atoms with E-state index in [-0.39, 0.29) is 17.5 Å². The second-order valence-electron chi connectivity index (χ2n) is 4.79. The van der Waals surface area contributed by atoms with E-state index >= 15 is 0 Å². The number of hydrogen-bond donors (Lipinski definition) is 1. The second kappa shape index (κ2) is 6.15. The molecule has 20 heavy (non-hydrogen) atoms. The van der Waals surface area contributed by atoms with Gasteiger partial charge in [0.25, 0.3) is 0 Å². The van der Waals surface area contributed by atoms with Gasteiger partial charge in [-0.2, -0.15) is 4.31 Å². The van der Waals surface area contributed by atoms with Crippen LogP contribution in [0.3, 0.4) is 0 Å². The third kappa shape index (κ3) is 3.16. The Labute approximate surface area is 117 Å². The van der Waals surface area contributed by atoms with E-state index < -0.39 is 21.7 Å². The molecule has 7 heteroatoms. The fraction of sp³-hybridized carbons (Fsp3) is 0.538. The van der Waals surface area contributed by atoms with E-state index in [9.17, 15) is 17.2 Å². The van der Waals surface area contributed by atoms with E-state index in [2.05, 4.69) is 5.32 Å². The van der Waals surface area contributed by atoms with Gasteiger partial charge in [0.1, 0.15) is 11.6 Å². The lowest BCUT2D eigenvalue weighted by Gasteiger charge is -2.32. The number of nitrogens with zero attached hydrogens (tertiary/aromatic N) is 1. The van der Waals surface area contributed by atoms with Crippen molar-refractivity contribution in [1.82, 2.24) is 9.62 Å². The maximum atomic E-state index is 13.2. The third-order valence-electron chi connectivity index (χ3n) is 3.47. The summed E-state index contributed by atoms with van der Waals surface area (Å²) in [4.78, 5) is -0.324. The fourth-order valence-corrected chi connectivity index (χ4v) is 4.27. The van der Waals surface area contributed by atoms with Crippen molar-refractivity contribution in [2.24, 2.45) is 0 Å². The summed E-state index contributed by atoms with van der Waals surface area (Å²) in [6.45, 7) is 3.50. The smallest absolute Gasteiger partial charge is 0.243 e. The van der Waals surface area contributed by atoms with Crippen LogP contribution in [0.15, 0.2) is 23.1 Å². The topological polar surface area (TPSA) is 49.4 Å². The molecule has 1 heterocycles. The molecule has 2 rings (SSSR count). The Balaban J connectivity index is 2.35. The summed E-state index contributed by atoms with van der Waals surface area (Å²) >= 11 is 0. The first-order valence-electron chi connectivity index (χ1n) is 6.64. The van der Waals surface area contributed by atoms with E-state index in [0.717, 1.165) is 25.2 Å². The predicted molar refractivity (Wildman–Crippen MR) is 71.8 cm³/mol. The molecule has 0 saturated carbocycles. The lowest BCUT2D eigenvalue weighted by molar-refractivity contribution is 0.270. The molecule has 0 radical (unpaired) electrons. The summed E-state index contributed by atoms with van der Waals surface area (Å²) in [5.74, 6) is -1.77. The minimum absolute atomic E-state index is 0.127. The van der Waals surface area contributed by atoms with Crippen LogP contribution in [-0.4, -0.2) is 38.4 Å². The molecular formula is C13H18F2N2O2S. The number of piperidine rings is 1. The molecule has 112 valence electrons. The number of halogens is 2. The van der Waals surface area contributed by atoms with Gasteiger partial charge in [0.2, 0.25) is 10.0 Å². The maximum Gasteiger partial charge on any atom is 0.243 e. The number of hydrogen-bond acceptors (Lipinski definition) is 3. The normalized spacial score (nSPS) is 17.6. The Kier molecular flexibility index (Phi) is 4.72. The van der Waals surface area contributed by atoms with Gasteiger partial charge in [0.15, 0.2) is 0 Å². The van der Waals surface area contributed by atoms with Crippen LogP contribution in [0.25, 0.3) is 0 Å². The molecule has 0 unspecified atom stereocenters. The summed E-state index contributed by atoms with van der Waals surface area (Å²) in [6.07, 6.45) is 1.40. The highest BCUT2D eigenvalue weighted by atomic mass is 32.2. The largest absolute Gasteiger partial charge is 0.317 e. The van der Waals surface area contributed by atoms with E-state index in [1.54, 1.807) is 6.92 Å². The molecule has 1 aromatic rings. The van der Waals surface area contributed by atoms with Crippen molar-refractivity contribution in [2.75, 3.05) is 19.6 Å². The lowest BCUT2D eigenvalue weighted by atomic mass is 10.1. The van der Waals surface area contributed by atoms with Gasteiger partial charge in [-0.1, -0.05) is 6.92 Å². The zero-order valence-corrected chi connectivity index (χ0v) is 12.1. The lowest BCUT2D eigenvalue weighted by Crippen LogP contribution is -2.45. The molecule has 1 N–H and O–H groups in total. The van der Waals surface area contributed by atoms with Crippen molar-refractivity contribution in [3.8, 4) is 0 Å². The highest BCUT2D eigenvalue weighted by molar-refractivity contribution is 7.89. The van der Waals surface area contributed by atoms with Gasteiger partial charge >= 0.3 is 0 Å². The van der Waals surface area contributed by atoms with Crippen LogP contribution in [-0.2, 0) is 10.0 Å². The molecule has 0 amide bonds. The van der Waals surface area contributed by atoms with E-state index in [4.69, 9.17) is 0 Å². The molecule has 0 aliphatic carbocycles. The number of nitrogens with one attached hydrogen (secondary N) is 1. The predicted octanol–water partition coefficient (Wildman–Crippen LogP) is 1.73. The monoisotopic (exact) mass is 304 g/mol. The van der Waals surface area contributed by atoms with Crippen molar-refractivity contribution in [3.05, 3.63) is 29.8 Å². The van der Waals surface area contributed by atoms with Crippen LogP contribution in [0.5, 0.6) is 0 Å². The molecule has 1 aliphatic heterocycles. The number of sulfonamides is 1. The molecule has 0 atom stereocenters. The minimum Gasteiger partial charge on any atom is -0.317 e. The van der Waals surface area contributed by atoms with Crippen LogP contribution in [0.1, 0.15) is 19.8 Å². The van der Waals surface area contributed by atoms with Crippen LogP contribution in [0.4, 0.5) is 8.78 Å². The first kappa shape index (κ1) is 15.3. The number of benzene rings is 1. The van der Waals surface area contributed by atoms with Crippen LogP contribution >= 0.6 is 0 Å². The Hall–Kier alpha value is -1.05. The van der Waals surface area contributed by atoms with Crippen molar-refractivity contribution < 1.29 is 17.2 Å². The minimum atomic E-state index is -3.87. The van der Waals surface area contributed by atoms with Gasteiger partial charge < -0.3 is 5.32 Å². The van der Waals surface area contributed by atoms with Crippen molar-refractivity contribution in [1.29, 1.82) is 0 Å². The summed E-state index contributed by atoms with van der Waals surface area (Å²) < 4.78 is 52.9. The standard InChI is InChI=1S/C13H18F2N2O2S/c1-2-17(12-3-5-16-6-4-12)20(18,19)13-8-10(14)7-11(15)9-13/h7-9,12,16H,2-6H2,1H3. The summed E-state index contributed by atoms with van der Waals surface area (Å²) in [5.41, 5.74) is 0. The van der Waals surface area contributed by atoms with E-state index in [1.807, 2.05) is 0 Å². The maximum absolute atomic E-state index is 13.2. The van der Waals surface area contributed by atoms with Crippen molar-refractivity contribution >= 4 is 10.0 Å². The van der Waals surface area contributed by atoms with Crippen LogP contribution in [0, 0.1) is 11.6 Å². The molecule has 0 aromatic heterocycles. The Morgan fingerprint density at radius 2 is 1.75 bits per heavy atom. The van der Waals surface area contributed by atoms with Gasteiger partial charge in [-0.05, 0) is 38.1 Å². The van der Waals surface area contributed by atoms with Crippen LogP contribution < -0.4 is 5.32 Å². The second-order valence-corrected chi connectivity index (χ2v) is 6.69. The zero-order chi connectivity index (χ0) is 14.8. The third-order valence-corrected chi connectivity index (χ3v) is 5.48. The SMILES string of the molecule is CCN(C1CCNCC1)S(=O)(=O)c1cc(F)cc(F)c1. The molecule has 4 nitrogen and oxygen atoms in total. The van der Waals surface area contributed by atoms with Gasteiger partial charge in [0.05, 0.1) is 4.90 Å². The fourth-order valence-electron chi connectivity index (χ4n) is 2.53. The summed E-state index contributed by atoms with van der Waals surface area (Å²) in [6, 6.07) is 2.27. The quantitative estimate of drug-likeness (QED) is 0.921. The highest BCUT2D eigenvalue weighted by Gasteiger charge is 2.31. The van der Waals surface area contributed by atoms with Crippen molar-refractivity contribution in [2.45, 2.75) is 30.7 Å². The van der Waals surface area contributed by atoms with Crippen LogP contribution in [0.2, 0.25) is 0 Å². The summed E-state index contributed by atoms with van der Waals surface area (Å²) in [7, 11) is -3.87. The molecule has 0 spiro atoms.